The lowest BCUT2D eigenvalue weighted by Gasteiger charge is -2.40. The summed E-state index contributed by atoms with van der Waals surface area (Å²) in [5, 5.41) is 0.615. The number of hydrogen-bond acceptors (Lipinski definition) is 2. The molecule has 2 aliphatic heterocycles. The first-order valence-corrected chi connectivity index (χ1v) is 9.97. The van der Waals surface area contributed by atoms with E-state index < -0.39 is 5.66 Å². The number of hydrogen-bond donors (Lipinski definition) is 0. The van der Waals surface area contributed by atoms with E-state index in [1.165, 1.54) is 0 Å². The number of fused-ring (bicyclic) bond motifs is 3. The second-order valence-corrected chi connectivity index (χ2v) is 7.94. The van der Waals surface area contributed by atoms with Gasteiger partial charge in [-0.25, -0.2) is 0 Å². The van der Waals surface area contributed by atoms with Gasteiger partial charge in [-0.15, -0.1) is 0 Å². The van der Waals surface area contributed by atoms with Gasteiger partial charge in [0, 0.05) is 40.4 Å². The highest BCUT2D eigenvalue weighted by atomic mass is 35.5. The molecular weight excluding hydrogens is 384 g/mol. The molecule has 1 fully saturated rings. The van der Waals surface area contributed by atoms with Gasteiger partial charge < -0.3 is 9.80 Å². The molecule has 3 aromatic carbocycles. The van der Waals surface area contributed by atoms with Crippen molar-refractivity contribution in [2.75, 3.05) is 13.1 Å². The van der Waals surface area contributed by atoms with E-state index in [2.05, 4.69) is 0 Å². The van der Waals surface area contributed by atoms with Crippen LogP contribution in [0, 0.1) is 6.92 Å². The van der Waals surface area contributed by atoms with E-state index in [0.29, 0.717) is 29.2 Å². The minimum absolute atomic E-state index is 0.0465. The van der Waals surface area contributed by atoms with Crippen LogP contribution < -0.4 is 0 Å². The lowest BCUT2D eigenvalue weighted by Crippen LogP contribution is -2.51. The molecule has 5 rings (SSSR count). The molecule has 3 aromatic rings. The van der Waals surface area contributed by atoms with E-state index in [9.17, 15) is 9.59 Å². The Labute approximate surface area is 174 Å². The van der Waals surface area contributed by atoms with Crippen molar-refractivity contribution >= 4 is 23.4 Å². The average Bonchev–Trinajstić information content (AvgIpc) is 3.25. The van der Waals surface area contributed by atoms with E-state index >= 15 is 0 Å². The second kappa shape index (κ2) is 6.46. The summed E-state index contributed by atoms with van der Waals surface area (Å²) < 4.78 is 0. The van der Waals surface area contributed by atoms with Gasteiger partial charge in [0.1, 0.15) is 0 Å². The Balaban J connectivity index is 1.74. The van der Waals surface area contributed by atoms with Crippen molar-refractivity contribution in [1.29, 1.82) is 0 Å². The Bertz CT molecular complexity index is 1120. The van der Waals surface area contributed by atoms with Gasteiger partial charge >= 0.3 is 0 Å². The Kier molecular flexibility index (Phi) is 4.00. The molecule has 0 saturated carbocycles. The molecule has 1 saturated heterocycles. The highest BCUT2D eigenvalue weighted by Gasteiger charge is 2.59. The Morgan fingerprint density at radius 1 is 0.931 bits per heavy atom. The number of benzene rings is 3. The van der Waals surface area contributed by atoms with Crippen LogP contribution in [0.5, 0.6) is 0 Å². The van der Waals surface area contributed by atoms with Crippen molar-refractivity contribution in [3.05, 3.63) is 106 Å². The number of carbonyl (C=O) groups excluding carboxylic acids is 2. The Morgan fingerprint density at radius 2 is 1.62 bits per heavy atom. The monoisotopic (exact) mass is 402 g/mol. The van der Waals surface area contributed by atoms with Crippen LogP contribution in [-0.2, 0) is 5.66 Å². The van der Waals surface area contributed by atoms with Crippen molar-refractivity contribution in [3.8, 4) is 0 Å². The summed E-state index contributed by atoms with van der Waals surface area (Å²) in [6.45, 7) is 2.94. The third-order valence-corrected chi connectivity index (χ3v) is 6.15. The minimum atomic E-state index is -0.958. The van der Waals surface area contributed by atoms with Gasteiger partial charge in [0.25, 0.3) is 11.8 Å². The zero-order valence-corrected chi connectivity index (χ0v) is 16.7. The lowest BCUT2D eigenvalue weighted by molar-refractivity contribution is 0.0375. The number of halogens is 1. The van der Waals surface area contributed by atoms with Gasteiger partial charge in [0.15, 0.2) is 5.66 Å². The highest BCUT2D eigenvalue weighted by Crippen LogP contribution is 2.50. The smallest absolute Gasteiger partial charge is 0.256 e. The summed E-state index contributed by atoms with van der Waals surface area (Å²) >= 11 is 6.14. The second-order valence-electron chi connectivity index (χ2n) is 7.50. The summed E-state index contributed by atoms with van der Waals surface area (Å²) in [6.07, 6.45) is 0. The van der Waals surface area contributed by atoms with Crippen LogP contribution in [0.4, 0.5) is 0 Å². The fourth-order valence-electron chi connectivity index (χ4n) is 4.58. The molecule has 0 radical (unpaired) electrons. The third-order valence-electron chi connectivity index (χ3n) is 5.90. The normalized spacial score (nSPS) is 20.0. The van der Waals surface area contributed by atoms with Crippen LogP contribution in [-0.4, -0.2) is 34.7 Å². The Hall–Kier alpha value is -3.11. The number of aryl methyl sites for hydroxylation is 1. The molecule has 0 aliphatic carbocycles. The molecule has 1 atom stereocenters. The molecular formula is C24H19ClN2O2. The van der Waals surface area contributed by atoms with Crippen molar-refractivity contribution in [1.82, 2.24) is 9.80 Å². The summed E-state index contributed by atoms with van der Waals surface area (Å²) in [4.78, 5) is 30.5. The van der Waals surface area contributed by atoms with Gasteiger partial charge in [0.2, 0.25) is 0 Å². The molecule has 144 valence electrons. The average molecular weight is 403 g/mol. The molecule has 29 heavy (non-hydrogen) atoms. The first kappa shape index (κ1) is 18.0. The number of nitrogens with zero attached hydrogens (tertiary/aromatic N) is 2. The molecule has 2 aliphatic rings. The zero-order chi connectivity index (χ0) is 20.2. The molecule has 2 amide bonds. The number of rotatable bonds is 2. The van der Waals surface area contributed by atoms with Crippen LogP contribution in [0.2, 0.25) is 5.02 Å². The topological polar surface area (TPSA) is 40.6 Å². The van der Waals surface area contributed by atoms with Gasteiger partial charge in [-0.3, -0.25) is 9.59 Å². The van der Waals surface area contributed by atoms with Crippen molar-refractivity contribution in [3.63, 3.8) is 0 Å². The summed E-state index contributed by atoms with van der Waals surface area (Å²) in [7, 11) is 0. The predicted molar refractivity (Wildman–Crippen MR) is 112 cm³/mol. The number of amides is 2. The number of carbonyl (C=O) groups is 2. The SMILES string of the molecule is Cc1ccc(C(=O)N2CCN3C(=O)c4ccccc4[C@]23c2ccc(Cl)cc2)cc1. The molecule has 0 aromatic heterocycles. The van der Waals surface area contributed by atoms with Crippen LogP contribution >= 0.6 is 11.6 Å². The molecule has 0 unspecified atom stereocenters. The Morgan fingerprint density at radius 3 is 2.34 bits per heavy atom. The molecule has 0 N–H and O–H groups in total. The van der Waals surface area contributed by atoms with E-state index in [-0.39, 0.29) is 11.8 Å². The van der Waals surface area contributed by atoms with Gasteiger partial charge in [-0.2, -0.15) is 0 Å². The molecule has 4 nitrogen and oxygen atoms in total. The first-order chi connectivity index (χ1) is 14.0. The largest absolute Gasteiger partial charge is 0.306 e. The summed E-state index contributed by atoms with van der Waals surface area (Å²) in [6, 6.07) is 22.6. The maximum Gasteiger partial charge on any atom is 0.256 e. The van der Waals surface area contributed by atoms with Crippen molar-refractivity contribution < 1.29 is 9.59 Å². The van der Waals surface area contributed by atoms with Crippen LogP contribution in [0.15, 0.2) is 72.8 Å². The van der Waals surface area contributed by atoms with Crippen molar-refractivity contribution in [2.24, 2.45) is 0 Å². The minimum Gasteiger partial charge on any atom is -0.306 e. The van der Waals surface area contributed by atoms with E-state index in [1.807, 2.05) is 89.5 Å². The van der Waals surface area contributed by atoms with Gasteiger partial charge in [0.05, 0.1) is 0 Å². The van der Waals surface area contributed by atoms with E-state index in [4.69, 9.17) is 11.6 Å². The molecule has 5 heteroatoms. The van der Waals surface area contributed by atoms with Gasteiger partial charge in [-0.1, -0.05) is 59.6 Å². The third kappa shape index (κ3) is 2.45. The fraction of sp³-hybridized carbons (Fsp3) is 0.167. The standard InChI is InChI=1S/C24H19ClN2O2/c1-16-6-8-17(9-7-16)22(28)26-14-15-27-23(29)20-4-2-3-5-21(20)24(26,27)18-10-12-19(25)13-11-18/h2-13H,14-15H2,1H3/t24-/m1/s1. The predicted octanol–water partition coefficient (Wildman–Crippen LogP) is 4.46. The highest BCUT2D eigenvalue weighted by molar-refractivity contribution is 6.30. The quantitative estimate of drug-likeness (QED) is 0.635. The molecule has 2 heterocycles. The summed E-state index contributed by atoms with van der Waals surface area (Å²) in [5.74, 6) is -0.137. The van der Waals surface area contributed by atoms with E-state index in [0.717, 1.165) is 16.7 Å². The summed E-state index contributed by atoms with van der Waals surface area (Å²) in [5.41, 5.74) is 3.09. The van der Waals surface area contributed by atoms with Crippen LogP contribution in [0.25, 0.3) is 0 Å². The van der Waals surface area contributed by atoms with Crippen molar-refractivity contribution in [2.45, 2.75) is 12.6 Å². The van der Waals surface area contributed by atoms with Crippen LogP contribution in [0.1, 0.15) is 37.4 Å². The first-order valence-electron chi connectivity index (χ1n) is 9.59. The fourth-order valence-corrected chi connectivity index (χ4v) is 4.70. The maximum atomic E-state index is 13.6. The van der Waals surface area contributed by atoms with Crippen LogP contribution in [0.3, 0.4) is 0 Å². The lowest BCUT2D eigenvalue weighted by atomic mass is 9.89. The van der Waals surface area contributed by atoms with Gasteiger partial charge in [-0.05, 0) is 37.3 Å². The zero-order valence-electron chi connectivity index (χ0n) is 15.9. The van der Waals surface area contributed by atoms with E-state index in [1.54, 1.807) is 0 Å². The molecule has 0 spiro atoms. The maximum absolute atomic E-state index is 13.6. The molecule has 0 bridgehead atoms.